The van der Waals surface area contributed by atoms with Crippen molar-refractivity contribution in [2.24, 2.45) is 0 Å². The molecule has 0 atom stereocenters. The van der Waals surface area contributed by atoms with E-state index in [4.69, 9.17) is 0 Å². The Hall–Kier alpha value is -1.73. The largest absolute Gasteiger partial charge is 0.339 e. The van der Waals surface area contributed by atoms with Gasteiger partial charge in [0.2, 0.25) is 11.8 Å². The monoisotopic (exact) mass is 377 g/mol. The average molecular weight is 378 g/mol. The first kappa shape index (κ1) is 18.1. The molecule has 3 heterocycles. The van der Waals surface area contributed by atoms with Crippen molar-refractivity contribution in [3.05, 3.63) is 38.0 Å². The van der Waals surface area contributed by atoms with Gasteiger partial charge in [0, 0.05) is 42.4 Å². The van der Waals surface area contributed by atoms with E-state index in [1.54, 1.807) is 22.7 Å². The Balaban J connectivity index is 1.45. The Bertz CT molecular complexity index is 732. The summed E-state index contributed by atoms with van der Waals surface area (Å²) in [7, 11) is 0. The second-order valence-electron chi connectivity index (χ2n) is 6.26. The van der Waals surface area contributed by atoms with Gasteiger partial charge in [-0.05, 0) is 31.7 Å². The smallest absolute Gasteiger partial charge is 0.228 e. The van der Waals surface area contributed by atoms with Crippen molar-refractivity contribution < 1.29 is 9.59 Å². The third kappa shape index (κ3) is 4.67. The summed E-state index contributed by atoms with van der Waals surface area (Å²) in [5.41, 5.74) is 0.957. The van der Waals surface area contributed by atoms with Crippen molar-refractivity contribution >= 4 is 34.5 Å². The number of thiazole rings is 1. The number of rotatable bonds is 5. The minimum atomic E-state index is 0.137. The van der Waals surface area contributed by atoms with E-state index in [1.165, 1.54) is 4.88 Å². The number of piperazine rings is 1. The van der Waals surface area contributed by atoms with Gasteiger partial charge >= 0.3 is 0 Å². The molecule has 1 fully saturated rings. The molecule has 2 amide bonds. The van der Waals surface area contributed by atoms with Crippen molar-refractivity contribution in [3.63, 3.8) is 0 Å². The Morgan fingerprint density at radius 1 is 1.12 bits per heavy atom. The molecule has 2 aromatic rings. The van der Waals surface area contributed by atoms with Gasteiger partial charge in [-0.25, -0.2) is 4.98 Å². The summed E-state index contributed by atoms with van der Waals surface area (Å²) in [5.74, 6) is 0.326. The van der Waals surface area contributed by atoms with Crippen LogP contribution in [-0.4, -0.2) is 52.8 Å². The summed E-state index contributed by atoms with van der Waals surface area (Å²) in [4.78, 5) is 35.3. The first-order valence-electron chi connectivity index (χ1n) is 8.54. The molecular weight excluding hydrogens is 354 g/mol. The summed E-state index contributed by atoms with van der Waals surface area (Å²) in [6.07, 6.45) is 1.77. The van der Waals surface area contributed by atoms with Crippen molar-refractivity contribution in [1.82, 2.24) is 14.8 Å². The normalized spacial score (nSPS) is 14.8. The highest BCUT2D eigenvalue weighted by molar-refractivity contribution is 7.11. The summed E-state index contributed by atoms with van der Waals surface area (Å²) in [6, 6.07) is 4.08. The molecule has 2 aromatic heterocycles. The number of amides is 2. The van der Waals surface area contributed by atoms with Gasteiger partial charge in [-0.15, -0.1) is 22.7 Å². The SMILES string of the molecule is Cc1nc(C)c(CC(=O)N2CCN(C(=O)CCc3cccs3)CC2)s1. The van der Waals surface area contributed by atoms with Gasteiger partial charge in [-0.1, -0.05) is 6.07 Å². The standard InChI is InChI=1S/C18H23N3O2S2/c1-13-16(25-14(2)19-13)12-18(23)21-9-7-20(8-10-21)17(22)6-5-15-4-3-11-24-15/h3-4,11H,5-10,12H2,1-2H3. The van der Waals surface area contributed by atoms with E-state index in [0.717, 1.165) is 22.0 Å². The average Bonchev–Trinajstić information content (AvgIpc) is 3.22. The number of nitrogens with zero attached hydrogens (tertiary/aromatic N) is 3. The fraction of sp³-hybridized carbons (Fsp3) is 0.500. The zero-order chi connectivity index (χ0) is 17.8. The third-order valence-electron chi connectivity index (χ3n) is 4.46. The summed E-state index contributed by atoms with van der Waals surface area (Å²) in [6.45, 7) is 6.44. The number of carbonyl (C=O) groups is 2. The molecule has 0 aromatic carbocycles. The molecule has 1 aliphatic rings. The highest BCUT2D eigenvalue weighted by atomic mass is 32.1. The maximum absolute atomic E-state index is 12.5. The Labute approximate surface area is 156 Å². The maximum Gasteiger partial charge on any atom is 0.228 e. The first-order valence-corrected chi connectivity index (χ1v) is 10.2. The number of aromatic nitrogens is 1. The van der Waals surface area contributed by atoms with Crippen LogP contribution in [0.4, 0.5) is 0 Å². The molecule has 5 nitrogen and oxygen atoms in total. The summed E-state index contributed by atoms with van der Waals surface area (Å²) < 4.78 is 0. The number of aryl methyl sites for hydroxylation is 3. The van der Waals surface area contributed by atoms with Crippen LogP contribution in [0.15, 0.2) is 17.5 Å². The van der Waals surface area contributed by atoms with E-state index in [2.05, 4.69) is 11.1 Å². The van der Waals surface area contributed by atoms with E-state index < -0.39 is 0 Å². The van der Waals surface area contributed by atoms with Gasteiger partial charge in [0.1, 0.15) is 0 Å². The van der Waals surface area contributed by atoms with Gasteiger partial charge in [-0.3, -0.25) is 9.59 Å². The predicted molar refractivity (Wildman–Crippen MR) is 101 cm³/mol. The van der Waals surface area contributed by atoms with Crippen LogP contribution in [0, 0.1) is 13.8 Å². The zero-order valence-electron chi connectivity index (χ0n) is 14.7. The van der Waals surface area contributed by atoms with Crippen molar-refractivity contribution in [2.45, 2.75) is 33.1 Å². The quantitative estimate of drug-likeness (QED) is 0.805. The Morgan fingerprint density at radius 2 is 1.80 bits per heavy atom. The van der Waals surface area contributed by atoms with Gasteiger partial charge in [-0.2, -0.15) is 0 Å². The van der Waals surface area contributed by atoms with Crippen LogP contribution in [0.3, 0.4) is 0 Å². The summed E-state index contributed by atoms with van der Waals surface area (Å²) in [5, 5.41) is 3.04. The molecule has 134 valence electrons. The topological polar surface area (TPSA) is 53.5 Å². The molecule has 0 N–H and O–H groups in total. The van der Waals surface area contributed by atoms with Crippen LogP contribution < -0.4 is 0 Å². The van der Waals surface area contributed by atoms with Gasteiger partial charge in [0.25, 0.3) is 0 Å². The van der Waals surface area contributed by atoms with Crippen LogP contribution in [0.1, 0.15) is 26.9 Å². The Morgan fingerprint density at radius 3 is 2.36 bits per heavy atom. The highest BCUT2D eigenvalue weighted by Crippen LogP contribution is 2.19. The van der Waals surface area contributed by atoms with Gasteiger partial charge in [0.15, 0.2) is 0 Å². The highest BCUT2D eigenvalue weighted by Gasteiger charge is 2.24. The van der Waals surface area contributed by atoms with Crippen LogP contribution in [0.5, 0.6) is 0 Å². The molecule has 7 heteroatoms. The number of hydrogen-bond donors (Lipinski definition) is 0. The maximum atomic E-state index is 12.5. The number of carbonyl (C=O) groups excluding carboxylic acids is 2. The summed E-state index contributed by atoms with van der Waals surface area (Å²) >= 11 is 3.29. The lowest BCUT2D eigenvalue weighted by Gasteiger charge is -2.35. The first-order chi connectivity index (χ1) is 12.0. The lowest BCUT2D eigenvalue weighted by molar-refractivity contribution is -0.139. The van der Waals surface area contributed by atoms with Crippen LogP contribution in [0.25, 0.3) is 0 Å². The lowest BCUT2D eigenvalue weighted by atomic mass is 10.2. The molecule has 0 aliphatic carbocycles. The molecule has 0 saturated carbocycles. The van der Waals surface area contributed by atoms with Crippen molar-refractivity contribution in [1.29, 1.82) is 0 Å². The Kier molecular flexibility index (Phi) is 5.86. The molecule has 1 aliphatic heterocycles. The molecule has 25 heavy (non-hydrogen) atoms. The molecular formula is C18H23N3O2S2. The van der Waals surface area contributed by atoms with Gasteiger partial charge in [0.05, 0.1) is 17.1 Å². The van der Waals surface area contributed by atoms with E-state index in [-0.39, 0.29) is 11.8 Å². The predicted octanol–water partition coefficient (Wildman–Crippen LogP) is 2.67. The fourth-order valence-corrected chi connectivity index (χ4v) is 4.67. The minimum absolute atomic E-state index is 0.137. The second kappa shape index (κ2) is 8.10. The minimum Gasteiger partial charge on any atom is -0.339 e. The van der Waals surface area contributed by atoms with Crippen LogP contribution >= 0.6 is 22.7 Å². The number of hydrogen-bond acceptors (Lipinski definition) is 5. The zero-order valence-corrected chi connectivity index (χ0v) is 16.3. The molecule has 0 bridgehead atoms. The second-order valence-corrected chi connectivity index (χ2v) is 8.58. The van der Waals surface area contributed by atoms with Gasteiger partial charge < -0.3 is 9.80 Å². The molecule has 1 saturated heterocycles. The molecule has 0 spiro atoms. The molecule has 0 unspecified atom stereocenters. The van der Waals surface area contributed by atoms with E-state index in [0.29, 0.717) is 39.0 Å². The van der Waals surface area contributed by atoms with E-state index >= 15 is 0 Å². The lowest BCUT2D eigenvalue weighted by Crippen LogP contribution is -2.51. The van der Waals surface area contributed by atoms with Crippen molar-refractivity contribution in [3.8, 4) is 0 Å². The van der Waals surface area contributed by atoms with E-state index in [1.807, 2.05) is 35.1 Å². The number of thiophene rings is 1. The van der Waals surface area contributed by atoms with Crippen LogP contribution in [0.2, 0.25) is 0 Å². The molecule has 3 rings (SSSR count). The van der Waals surface area contributed by atoms with E-state index in [9.17, 15) is 9.59 Å². The van der Waals surface area contributed by atoms with Crippen molar-refractivity contribution in [2.75, 3.05) is 26.2 Å². The van der Waals surface area contributed by atoms with Crippen LogP contribution in [-0.2, 0) is 22.4 Å². The fourth-order valence-electron chi connectivity index (χ4n) is 3.03. The third-order valence-corrected chi connectivity index (χ3v) is 6.47. The molecule has 0 radical (unpaired) electrons.